The molecule has 0 aliphatic rings. The summed E-state index contributed by atoms with van der Waals surface area (Å²) in [6, 6.07) is 3.23. The van der Waals surface area contributed by atoms with Crippen LogP contribution in [0.3, 0.4) is 0 Å². The lowest BCUT2D eigenvalue weighted by atomic mass is 10.3. The van der Waals surface area contributed by atoms with E-state index in [9.17, 15) is 4.39 Å². The van der Waals surface area contributed by atoms with E-state index in [1.165, 1.54) is 6.07 Å². The van der Waals surface area contributed by atoms with Crippen LogP contribution >= 0.6 is 50.7 Å². The van der Waals surface area contributed by atoms with Crippen molar-refractivity contribution < 1.29 is 4.39 Å². The molecule has 0 amide bonds. The van der Waals surface area contributed by atoms with Crippen LogP contribution in [0.2, 0.25) is 0 Å². The van der Waals surface area contributed by atoms with Gasteiger partial charge >= 0.3 is 0 Å². The van der Waals surface area contributed by atoms with Gasteiger partial charge in [-0.3, -0.25) is 0 Å². The van der Waals surface area contributed by atoms with Gasteiger partial charge in [-0.15, -0.1) is 0 Å². The quantitative estimate of drug-likeness (QED) is 0.574. The molecule has 2 nitrogen and oxygen atoms in total. The summed E-state index contributed by atoms with van der Waals surface area (Å²) in [5.74, 6) is -0.240. The van der Waals surface area contributed by atoms with E-state index in [0.717, 1.165) is 15.5 Å². The van der Waals surface area contributed by atoms with Crippen molar-refractivity contribution in [2.45, 2.75) is 6.54 Å². The minimum Gasteiger partial charge on any atom is -0.331 e. The second-order valence-corrected chi connectivity index (χ2v) is 5.99. The molecular weight excluding hydrogens is 406 g/mol. The van der Waals surface area contributed by atoms with Crippen LogP contribution < -0.4 is 0 Å². The van der Waals surface area contributed by atoms with Crippen molar-refractivity contribution in [1.29, 1.82) is 0 Å². The van der Waals surface area contributed by atoms with Crippen molar-refractivity contribution in [2.75, 3.05) is 0 Å². The highest BCUT2D eigenvalue weighted by Crippen LogP contribution is 2.21. The molecule has 2 rings (SSSR count). The highest BCUT2D eigenvalue weighted by molar-refractivity contribution is 14.1. The zero-order valence-electron chi connectivity index (χ0n) is 8.06. The molecule has 1 aromatic carbocycles. The van der Waals surface area contributed by atoms with Crippen molar-refractivity contribution in [3.8, 4) is 0 Å². The maximum absolute atomic E-state index is 13.5. The summed E-state index contributed by atoms with van der Waals surface area (Å²) in [5, 5.41) is 0. The van der Waals surface area contributed by atoms with Crippen molar-refractivity contribution in [1.82, 2.24) is 9.55 Å². The fraction of sp³-hybridized carbons (Fsp3) is 0.100. The van der Waals surface area contributed by atoms with Gasteiger partial charge in [0.1, 0.15) is 5.82 Å². The van der Waals surface area contributed by atoms with Gasteiger partial charge in [-0.05, 0) is 40.9 Å². The summed E-state index contributed by atoms with van der Waals surface area (Å²) >= 11 is 10.4. The van der Waals surface area contributed by atoms with Crippen molar-refractivity contribution in [3.05, 3.63) is 37.4 Å². The number of rotatable bonds is 2. The first-order chi connectivity index (χ1) is 7.49. The van der Waals surface area contributed by atoms with E-state index in [1.807, 2.05) is 22.6 Å². The van der Waals surface area contributed by atoms with Gasteiger partial charge in [-0.1, -0.05) is 22.5 Å². The number of halogens is 3. The molecule has 0 aliphatic carbocycles. The smallest absolute Gasteiger partial charge is 0.178 e. The Morgan fingerprint density at radius 3 is 2.94 bits per heavy atom. The van der Waals surface area contributed by atoms with E-state index in [4.69, 9.17) is 12.2 Å². The summed E-state index contributed by atoms with van der Waals surface area (Å²) in [6.45, 7) is 4.28. The second kappa shape index (κ2) is 4.58. The van der Waals surface area contributed by atoms with E-state index in [-0.39, 0.29) is 5.82 Å². The van der Waals surface area contributed by atoms with E-state index >= 15 is 0 Å². The van der Waals surface area contributed by atoms with Crippen LogP contribution in [0, 0.1) is 14.2 Å². The molecule has 0 radical (unpaired) electrons. The third kappa shape index (κ3) is 2.23. The monoisotopic (exact) mass is 412 g/mol. The number of fused-ring (bicyclic) bond motifs is 1. The van der Waals surface area contributed by atoms with Gasteiger partial charge in [0, 0.05) is 10.5 Å². The molecule has 2 aromatic rings. The summed E-state index contributed by atoms with van der Waals surface area (Å²) in [6.07, 6.45) is 0. The Balaban J connectivity index is 2.74. The van der Waals surface area contributed by atoms with Gasteiger partial charge in [0.05, 0.1) is 21.1 Å². The Morgan fingerprint density at radius 1 is 1.62 bits per heavy atom. The third-order valence-corrected chi connectivity index (χ3v) is 3.55. The van der Waals surface area contributed by atoms with Gasteiger partial charge in [0.2, 0.25) is 0 Å². The average molecular weight is 413 g/mol. The van der Waals surface area contributed by atoms with Crippen LogP contribution in [-0.4, -0.2) is 9.55 Å². The first-order valence-electron chi connectivity index (χ1n) is 4.40. The summed E-state index contributed by atoms with van der Waals surface area (Å²) in [4.78, 5) is 3.04. The maximum atomic E-state index is 13.5. The molecule has 1 aromatic heterocycles. The van der Waals surface area contributed by atoms with Crippen molar-refractivity contribution in [2.24, 2.45) is 0 Å². The number of nitrogens with one attached hydrogen (secondary N) is 1. The summed E-state index contributed by atoms with van der Waals surface area (Å²) in [7, 11) is 0. The van der Waals surface area contributed by atoms with Gasteiger partial charge in [-0.25, -0.2) is 4.39 Å². The standard InChI is InChI=1S/C10H7BrFIN2S/c1-5(11)4-15-9-2-6(12)7(13)3-8(9)14-10(15)16/h2-3H,1,4H2,(H,14,16). The number of hydrogen-bond acceptors (Lipinski definition) is 1. The number of allylic oxidation sites excluding steroid dienone is 1. The molecule has 0 saturated heterocycles. The lowest BCUT2D eigenvalue weighted by Gasteiger charge is -2.03. The lowest BCUT2D eigenvalue weighted by molar-refractivity contribution is 0.621. The Labute approximate surface area is 119 Å². The summed E-state index contributed by atoms with van der Waals surface area (Å²) in [5.41, 5.74) is 1.59. The number of imidazole rings is 1. The number of nitrogens with zero attached hydrogens (tertiary/aromatic N) is 1. The normalized spacial score (nSPS) is 10.9. The molecule has 1 N–H and O–H groups in total. The van der Waals surface area contributed by atoms with Gasteiger partial charge < -0.3 is 9.55 Å². The zero-order chi connectivity index (χ0) is 11.9. The Bertz CT molecular complexity index is 632. The Hall–Kier alpha value is -0.210. The fourth-order valence-electron chi connectivity index (χ4n) is 1.48. The zero-order valence-corrected chi connectivity index (χ0v) is 12.6. The van der Waals surface area contributed by atoms with Crippen LogP contribution in [0.1, 0.15) is 0 Å². The largest absolute Gasteiger partial charge is 0.331 e. The Kier molecular flexibility index (Phi) is 3.50. The molecule has 0 aliphatic heterocycles. The molecule has 0 saturated carbocycles. The molecule has 0 unspecified atom stereocenters. The molecular formula is C10H7BrFIN2S. The molecule has 6 heteroatoms. The van der Waals surface area contributed by atoms with Crippen LogP contribution in [0.15, 0.2) is 23.2 Å². The van der Waals surface area contributed by atoms with Gasteiger partial charge in [-0.2, -0.15) is 0 Å². The minimum absolute atomic E-state index is 0.240. The molecule has 0 atom stereocenters. The van der Waals surface area contributed by atoms with E-state index in [1.54, 1.807) is 10.6 Å². The SMILES string of the molecule is C=C(Br)Cn1c(=S)[nH]c2cc(I)c(F)cc21. The number of aromatic nitrogens is 2. The maximum Gasteiger partial charge on any atom is 0.178 e. The van der Waals surface area contributed by atoms with Crippen LogP contribution in [0.5, 0.6) is 0 Å². The van der Waals surface area contributed by atoms with Crippen molar-refractivity contribution >= 4 is 61.8 Å². The fourth-order valence-corrected chi connectivity index (χ4v) is 2.47. The minimum atomic E-state index is -0.240. The molecule has 84 valence electrons. The highest BCUT2D eigenvalue weighted by atomic mass is 127. The average Bonchev–Trinajstić information content (AvgIpc) is 2.45. The molecule has 0 fully saturated rings. The second-order valence-electron chi connectivity index (χ2n) is 3.32. The van der Waals surface area contributed by atoms with Crippen LogP contribution in [0.25, 0.3) is 11.0 Å². The number of benzene rings is 1. The summed E-state index contributed by atoms with van der Waals surface area (Å²) < 4.78 is 17.2. The molecule has 0 bridgehead atoms. The first kappa shape index (κ1) is 12.3. The van der Waals surface area contributed by atoms with Crippen LogP contribution in [-0.2, 0) is 6.54 Å². The number of H-pyrrole nitrogens is 1. The third-order valence-electron chi connectivity index (χ3n) is 2.15. The Morgan fingerprint density at radius 2 is 2.31 bits per heavy atom. The van der Waals surface area contributed by atoms with Crippen molar-refractivity contribution in [3.63, 3.8) is 0 Å². The van der Waals surface area contributed by atoms with Gasteiger partial charge in [0.15, 0.2) is 4.77 Å². The lowest BCUT2D eigenvalue weighted by Crippen LogP contribution is -1.97. The number of aromatic amines is 1. The van der Waals surface area contributed by atoms with E-state index < -0.39 is 0 Å². The highest BCUT2D eigenvalue weighted by Gasteiger charge is 2.08. The molecule has 16 heavy (non-hydrogen) atoms. The topological polar surface area (TPSA) is 20.7 Å². The van der Waals surface area contributed by atoms with E-state index in [0.29, 0.717) is 14.9 Å². The number of hydrogen-bond donors (Lipinski definition) is 1. The van der Waals surface area contributed by atoms with Crippen LogP contribution in [0.4, 0.5) is 4.39 Å². The van der Waals surface area contributed by atoms with Gasteiger partial charge in [0.25, 0.3) is 0 Å². The predicted octanol–water partition coefficient (Wildman–Crippen LogP) is 4.35. The first-order valence-corrected chi connectivity index (χ1v) is 6.68. The van der Waals surface area contributed by atoms with E-state index in [2.05, 4.69) is 27.5 Å². The molecule has 0 spiro atoms. The molecule has 1 heterocycles. The predicted molar refractivity (Wildman–Crippen MR) is 77.9 cm³/mol.